The summed E-state index contributed by atoms with van der Waals surface area (Å²) in [7, 11) is 1.84. The van der Waals surface area contributed by atoms with Crippen molar-refractivity contribution in [1.29, 1.82) is 0 Å². The quantitative estimate of drug-likeness (QED) is 0.848. The molecule has 0 aliphatic rings. The van der Waals surface area contributed by atoms with Crippen molar-refractivity contribution in [2.75, 3.05) is 24.8 Å². The number of benzene rings is 1. The summed E-state index contributed by atoms with van der Waals surface area (Å²) < 4.78 is 0. The third kappa shape index (κ3) is 4.78. The number of amides is 1. The van der Waals surface area contributed by atoms with E-state index in [9.17, 15) is 4.79 Å². The zero-order valence-electron chi connectivity index (χ0n) is 11.1. The van der Waals surface area contributed by atoms with Crippen LogP contribution in [-0.4, -0.2) is 35.9 Å². The summed E-state index contributed by atoms with van der Waals surface area (Å²) in [4.78, 5) is 13.9. The molecule has 0 spiro atoms. The first-order valence-corrected chi connectivity index (χ1v) is 7.07. The molecule has 5 heteroatoms. The molecule has 1 amide bonds. The highest BCUT2D eigenvalue weighted by atomic mass is 35.5. The Balaban J connectivity index is 0.00000289. The minimum atomic E-state index is 0. The van der Waals surface area contributed by atoms with Crippen LogP contribution in [0.25, 0.3) is 0 Å². The van der Waals surface area contributed by atoms with Crippen molar-refractivity contribution in [3.05, 3.63) is 29.8 Å². The Kier molecular flexibility index (Phi) is 7.87. The van der Waals surface area contributed by atoms with E-state index in [4.69, 9.17) is 5.73 Å². The van der Waals surface area contributed by atoms with Gasteiger partial charge < -0.3 is 10.6 Å². The van der Waals surface area contributed by atoms with Gasteiger partial charge in [0.1, 0.15) is 0 Å². The van der Waals surface area contributed by atoms with Crippen LogP contribution in [-0.2, 0) is 0 Å². The molecule has 1 rings (SSSR count). The van der Waals surface area contributed by atoms with E-state index in [1.54, 1.807) is 34.9 Å². The lowest BCUT2D eigenvalue weighted by Crippen LogP contribution is -2.35. The molecule has 102 valence electrons. The van der Waals surface area contributed by atoms with Gasteiger partial charge in [-0.2, -0.15) is 11.8 Å². The van der Waals surface area contributed by atoms with E-state index < -0.39 is 0 Å². The maximum absolute atomic E-state index is 12.2. The number of hydrogen-bond donors (Lipinski definition) is 1. The van der Waals surface area contributed by atoms with Crippen LogP contribution in [0.1, 0.15) is 23.7 Å². The van der Waals surface area contributed by atoms with E-state index in [2.05, 4.69) is 13.2 Å². The average molecular weight is 289 g/mol. The number of thioether (sulfide) groups is 1. The lowest BCUT2D eigenvalue weighted by atomic mass is 10.1. The summed E-state index contributed by atoms with van der Waals surface area (Å²) in [5.74, 6) is 1.10. The minimum absolute atomic E-state index is 0. The zero-order valence-corrected chi connectivity index (χ0v) is 12.7. The Morgan fingerprint density at radius 2 is 2.17 bits per heavy atom. The van der Waals surface area contributed by atoms with E-state index in [0.717, 1.165) is 12.2 Å². The number of halogens is 1. The van der Waals surface area contributed by atoms with Gasteiger partial charge in [0.15, 0.2) is 0 Å². The summed E-state index contributed by atoms with van der Waals surface area (Å²) in [5, 5.41) is 0. The number of nitrogens with two attached hydrogens (primary N) is 1. The number of nitrogen functional groups attached to an aromatic ring is 1. The van der Waals surface area contributed by atoms with E-state index in [0.29, 0.717) is 11.3 Å². The molecule has 1 atom stereocenters. The number of rotatable bonds is 5. The van der Waals surface area contributed by atoms with Crippen LogP contribution in [0, 0.1) is 0 Å². The van der Waals surface area contributed by atoms with E-state index >= 15 is 0 Å². The summed E-state index contributed by atoms with van der Waals surface area (Å²) in [5.41, 5.74) is 6.96. The van der Waals surface area contributed by atoms with Crippen molar-refractivity contribution in [3.63, 3.8) is 0 Å². The van der Waals surface area contributed by atoms with Crippen LogP contribution < -0.4 is 5.73 Å². The lowest BCUT2D eigenvalue weighted by molar-refractivity contribution is 0.0741. The molecule has 3 nitrogen and oxygen atoms in total. The molecule has 1 aromatic rings. The standard InChI is InChI=1S/C13H20N2OS.ClH/c1-10(7-8-17-3)15(2)13(16)11-5-4-6-12(14)9-11;/h4-6,9-10H,7-8,14H2,1-3H3;1H. The third-order valence-electron chi connectivity index (χ3n) is 2.85. The number of anilines is 1. The van der Waals surface area contributed by atoms with Gasteiger partial charge in [0.05, 0.1) is 0 Å². The summed E-state index contributed by atoms with van der Waals surface area (Å²) in [6.45, 7) is 2.07. The van der Waals surface area contributed by atoms with Crippen molar-refractivity contribution in [2.45, 2.75) is 19.4 Å². The fourth-order valence-corrected chi connectivity index (χ4v) is 2.13. The number of hydrogen-bond acceptors (Lipinski definition) is 3. The first-order chi connectivity index (χ1) is 8.06. The molecule has 0 aliphatic carbocycles. The molecule has 0 aliphatic heterocycles. The smallest absolute Gasteiger partial charge is 0.253 e. The molecule has 0 fully saturated rings. The predicted octanol–water partition coefficient (Wildman–Crippen LogP) is 2.90. The minimum Gasteiger partial charge on any atom is -0.399 e. The van der Waals surface area contributed by atoms with Crippen molar-refractivity contribution >= 4 is 35.8 Å². The topological polar surface area (TPSA) is 46.3 Å². The van der Waals surface area contributed by atoms with Gasteiger partial charge in [0.25, 0.3) is 5.91 Å². The molecule has 0 saturated heterocycles. The second-order valence-electron chi connectivity index (χ2n) is 4.17. The van der Waals surface area contributed by atoms with Gasteiger partial charge in [-0.25, -0.2) is 0 Å². The van der Waals surface area contributed by atoms with Crippen molar-refractivity contribution in [1.82, 2.24) is 4.90 Å². The average Bonchev–Trinajstić information content (AvgIpc) is 2.34. The van der Waals surface area contributed by atoms with Crippen LogP contribution in [0.2, 0.25) is 0 Å². The molecule has 1 aromatic carbocycles. The number of carbonyl (C=O) groups is 1. The highest BCUT2D eigenvalue weighted by Crippen LogP contribution is 2.13. The van der Waals surface area contributed by atoms with Gasteiger partial charge in [0.2, 0.25) is 0 Å². The van der Waals surface area contributed by atoms with Crippen molar-refractivity contribution in [2.24, 2.45) is 0 Å². The Hall–Kier alpha value is -0.870. The molecule has 18 heavy (non-hydrogen) atoms. The maximum atomic E-state index is 12.2. The Bertz CT molecular complexity index is 387. The van der Waals surface area contributed by atoms with Crippen LogP contribution in [0.3, 0.4) is 0 Å². The number of carbonyl (C=O) groups excluding carboxylic acids is 1. The van der Waals surface area contributed by atoms with Crippen LogP contribution in [0.4, 0.5) is 5.69 Å². The van der Waals surface area contributed by atoms with Crippen LogP contribution in [0.5, 0.6) is 0 Å². The second kappa shape index (κ2) is 8.27. The van der Waals surface area contributed by atoms with Gasteiger partial charge >= 0.3 is 0 Å². The highest BCUT2D eigenvalue weighted by molar-refractivity contribution is 7.98. The van der Waals surface area contributed by atoms with Gasteiger partial charge in [-0.05, 0) is 43.6 Å². The molecular weight excluding hydrogens is 268 g/mol. The van der Waals surface area contributed by atoms with Crippen molar-refractivity contribution < 1.29 is 4.79 Å². The molecule has 0 heterocycles. The fraction of sp³-hybridized carbons (Fsp3) is 0.462. The van der Waals surface area contributed by atoms with Crippen LogP contribution in [0.15, 0.2) is 24.3 Å². The van der Waals surface area contributed by atoms with E-state index in [-0.39, 0.29) is 24.4 Å². The lowest BCUT2D eigenvalue weighted by Gasteiger charge is -2.25. The molecule has 0 saturated carbocycles. The van der Waals surface area contributed by atoms with Gasteiger partial charge in [-0.15, -0.1) is 12.4 Å². The summed E-state index contributed by atoms with van der Waals surface area (Å²) >= 11 is 1.80. The SMILES string of the molecule is CSCCC(C)N(C)C(=O)c1cccc(N)c1.Cl. The normalized spacial score (nSPS) is 11.5. The largest absolute Gasteiger partial charge is 0.399 e. The van der Waals surface area contributed by atoms with Crippen molar-refractivity contribution in [3.8, 4) is 0 Å². The Morgan fingerprint density at radius 1 is 1.50 bits per heavy atom. The third-order valence-corrected chi connectivity index (χ3v) is 3.50. The monoisotopic (exact) mass is 288 g/mol. The van der Waals surface area contributed by atoms with Gasteiger partial charge in [-0.1, -0.05) is 6.07 Å². The molecule has 0 aromatic heterocycles. The molecule has 1 unspecified atom stereocenters. The predicted molar refractivity (Wildman–Crippen MR) is 82.7 cm³/mol. The summed E-state index contributed by atoms with van der Waals surface area (Å²) in [6, 6.07) is 7.37. The highest BCUT2D eigenvalue weighted by Gasteiger charge is 2.16. The molecule has 0 radical (unpaired) electrons. The van der Waals surface area contributed by atoms with E-state index in [1.165, 1.54) is 0 Å². The molecular formula is C13H21ClN2OS. The first-order valence-electron chi connectivity index (χ1n) is 5.68. The fourth-order valence-electron chi connectivity index (χ4n) is 1.56. The maximum Gasteiger partial charge on any atom is 0.253 e. The molecule has 2 N–H and O–H groups in total. The second-order valence-corrected chi connectivity index (χ2v) is 5.16. The Morgan fingerprint density at radius 3 is 2.72 bits per heavy atom. The van der Waals surface area contributed by atoms with E-state index in [1.807, 2.05) is 13.1 Å². The number of nitrogens with zero attached hydrogens (tertiary/aromatic N) is 1. The Labute approximate surface area is 120 Å². The van der Waals surface area contributed by atoms with Gasteiger partial charge in [-0.3, -0.25) is 4.79 Å². The molecule has 0 bridgehead atoms. The first kappa shape index (κ1) is 17.1. The zero-order chi connectivity index (χ0) is 12.8. The summed E-state index contributed by atoms with van der Waals surface area (Å²) in [6.07, 6.45) is 3.08. The van der Waals surface area contributed by atoms with Crippen LogP contribution >= 0.6 is 24.2 Å². The van der Waals surface area contributed by atoms with Gasteiger partial charge in [0, 0.05) is 24.3 Å².